The maximum atomic E-state index is 11.8. The van der Waals surface area contributed by atoms with Gasteiger partial charge >= 0.3 is 11.9 Å². The number of hydrogen-bond donors (Lipinski definition) is 1. The zero-order chi connectivity index (χ0) is 13.4. The fourth-order valence-electron chi connectivity index (χ4n) is 1.33. The molecule has 5 nitrogen and oxygen atoms in total. The molecule has 98 valence electrons. The molecule has 0 amide bonds. The van der Waals surface area contributed by atoms with Crippen LogP contribution in [-0.4, -0.2) is 31.3 Å². The molecule has 0 aliphatic carbocycles. The van der Waals surface area contributed by atoms with Crippen molar-refractivity contribution in [3.63, 3.8) is 0 Å². The van der Waals surface area contributed by atoms with E-state index >= 15 is 0 Å². The fraction of sp³-hybridized carbons (Fsp3) is 0.385. The summed E-state index contributed by atoms with van der Waals surface area (Å²) in [4.78, 5) is 23.3. The van der Waals surface area contributed by atoms with E-state index in [-0.39, 0.29) is 6.61 Å². The number of likely N-dealkylation sites (N-methyl/N-ethyl adjacent to an activating group) is 1. The van der Waals surface area contributed by atoms with Gasteiger partial charge in [-0.1, -0.05) is 25.1 Å². The molecular formula is C13H17NO4. The molecule has 1 aromatic rings. The smallest absolute Gasteiger partial charge is 0.363 e. The standard InChI is InChI=1S/C13H17NO4/c1-3-14-11(13(16)17-4-2)18-12(15)10-8-6-5-7-9-10/h5-9,11,14H,3-4H2,1-2H3. The molecule has 0 heterocycles. The Bertz CT molecular complexity index is 391. The molecule has 5 heteroatoms. The van der Waals surface area contributed by atoms with Crippen LogP contribution in [0.1, 0.15) is 24.2 Å². The van der Waals surface area contributed by atoms with E-state index in [0.29, 0.717) is 12.1 Å². The lowest BCUT2D eigenvalue weighted by atomic mass is 10.2. The van der Waals surface area contributed by atoms with Gasteiger partial charge in [-0.2, -0.15) is 0 Å². The maximum Gasteiger partial charge on any atom is 0.363 e. The minimum Gasteiger partial charge on any atom is -0.462 e. The van der Waals surface area contributed by atoms with E-state index in [4.69, 9.17) is 9.47 Å². The number of carbonyl (C=O) groups is 2. The van der Waals surface area contributed by atoms with E-state index in [1.165, 1.54) is 0 Å². The quantitative estimate of drug-likeness (QED) is 0.610. The first-order valence-electron chi connectivity index (χ1n) is 5.85. The van der Waals surface area contributed by atoms with E-state index < -0.39 is 18.2 Å². The Balaban J connectivity index is 2.66. The van der Waals surface area contributed by atoms with E-state index in [9.17, 15) is 9.59 Å². The highest BCUT2D eigenvalue weighted by Crippen LogP contribution is 2.04. The second kappa shape index (κ2) is 7.45. The third-order valence-corrected chi connectivity index (χ3v) is 2.12. The molecule has 0 fully saturated rings. The predicted molar refractivity (Wildman–Crippen MR) is 66.0 cm³/mol. The summed E-state index contributed by atoms with van der Waals surface area (Å²) in [7, 11) is 0. The van der Waals surface area contributed by atoms with Crippen LogP contribution in [0, 0.1) is 0 Å². The Kier molecular flexibility index (Phi) is 5.87. The highest BCUT2D eigenvalue weighted by Gasteiger charge is 2.23. The van der Waals surface area contributed by atoms with Gasteiger partial charge in [-0.25, -0.2) is 9.59 Å². The van der Waals surface area contributed by atoms with Crippen molar-refractivity contribution in [3.8, 4) is 0 Å². The van der Waals surface area contributed by atoms with Gasteiger partial charge in [0, 0.05) is 0 Å². The number of rotatable bonds is 6. The first-order valence-corrected chi connectivity index (χ1v) is 5.85. The summed E-state index contributed by atoms with van der Waals surface area (Å²) in [5.41, 5.74) is 0.393. The number of ether oxygens (including phenoxy) is 2. The molecule has 0 bridgehead atoms. The van der Waals surface area contributed by atoms with Crippen LogP contribution in [0.2, 0.25) is 0 Å². The van der Waals surface area contributed by atoms with Crippen LogP contribution < -0.4 is 5.32 Å². The van der Waals surface area contributed by atoms with E-state index in [1.54, 1.807) is 37.3 Å². The highest BCUT2D eigenvalue weighted by atomic mass is 16.6. The van der Waals surface area contributed by atoms with Crippen LogP contribution in [0.5, 0.6) is 0 Å². The van der Waals surface area contributed by atoms with Gasteiger partial charge in [0.2, 0.25) is 0 Å². The molecule has 1 unspecified atom stereocenters. The lowest BCUT2D eigenvalue weighted by Crippen LogP contribution is -2.41. The summed E-state index contributed by atoms with van der Waals surface area (Å²) in [5, 5.41) is 2.75. The van der Waals surface area contributed by atoms with Crippen molar-refractivity contribution in [2.75, 3.05) is 13.2 Å². The van der Waals surface area contributed by atoms with Gasteiger partial charge in [0.1, 0.15) is 0 Å². The van der Waals surface area contributed by atoms with Gasteiger partial charge in [0.25, 0.3) is 6.23 Å². The fourth-order valence-corrected chi connectivity index (χ4v) is 1.33. The van der Waals surface area contributed by atoms with Crippen molar-refractivity contribution in [1.29, 1.82) is 0 Å². The molecular weight excluding hydrogens is 234 g/mol. The van der Waals surface area contributed by atoms with Crippen LogP contribution in [0.15, 0.2) is 30.3 Å². The summed E-state index contributed by atoms with van der Waals surface area (Å²) in [6.45, 7) is 4.23. The molecule has 0 saturated heterocycles. The Morgan fingerprint density at radius 2 is 1.89 bits per heavy atom. The maximum absolute atomic E-state index is 11.8. The number of hydrogen-bond acceptors (Lipinski definition) is 5. The molecule has 1 rings (SSSR count). The monoisotopic (exact) mass is 251 g/mol. The molecule has 0 spiro atoms. The number of nitrogens with one attached hydrogen (secondary N) is 1. The summed E-state index contributed by atoms with van der Waals surface area (Å²) in [5.74, 6) is -1.15. The Morgan fingerprint density at radius 1 is 1.22 bits per heavy atom. The molecule has 0 radical (unpaired) electrons. The Hall–Kier alpha value is -1.88. The topological polar surface area (TPSA) is 64.6 Å². The third-order valence-electron chi connectivity index (χ3n) is 2.12. The van der Waals surface area contributed by atoms with Gasteiger partial charge < -0.3 is 9.47 Å². The van der Waals surface area contributed by atoms with Crippen LogP contribution >= 0.6 is 0 Å². The van der Waals surface area contributed by atoms with Crippen molar-refractivity contribution in [3.05, 3.63) is 35.9 Å². The van der Waals surface area contributed by atoms with Gasteiger partial charge in [0.15, 0.2) is 0 Å². The summed E-state index contributed by atoms with van der Waals surface area (Å²) in [6, 6.07) is 8.49. The molecule has 0 saturated carbocycles. The Labute approximate surface area is 106 Å². The average molecular weight is 251 g/mol. The lowest BCUT2D eigenvalue weighted by Gasteiger charge is -2.16. The second-order valence-corrected chi connectivity index (χ2v) is 3.46. The predicted octanol–water partition coefficient (Wildman–Crippen LogP) is 1.34. The van der Waals surface area contributed by atoms with Gasteiger partial charge in [0.05, 0.1) is 12.2 Å². The van der Waals surface area contributed by atoms with E-state index in [2.05, 4.69) is 5.32 Å². The van der Waals surface area contributed by atoms with Gasteiger partial charge in [-0.3, -0.25) is 5.32 Å². The van der Waals surface area contributed by atoms with Crippen molar-refractivity contribution >= 4 is 11.9 Å². The summed E-state index contributed by atoms with van der Waals surface area (Å²) >= 11 is 0. The molecule has 1 atom stereocenters. The number of carbonyl (C=O) groups excluding carboxylic acids is 2. The molecule has 18 heavy (non-hydrogen) atoms. The third kappa shape index (κ3) is 4.18. The minimum absolute atomic E-state index is 0.240. The van der Waals surface area contributed by atoms with Crippen molar-refractivity contribution < 1.29 is 19.1 Å². The molecule has 0 aliphatic heterocycles. The van der Waals surface area contributed by atoms with E-state index in [1.807, 2.05) is 6.92 Å². The minimum atomic E-state index is -1.07. The number of esters is 2. The van der Waals surface area contributed by atoms with Crippen molar-refractivity contribution in [2.45, 2.75) is 20.1 Å². The normalized spacial score (nSPS) is 11.7. The Morgan fingerprint density at radius 3 is 2.44 bits per heavy atom. The lowest BCUT2D eigenvalue weighted by molar-refractivity contribution is -0.155. The van der Waals surface area contributed by atoms with Crippen molar-refractivity contribution in [1.82, 2.24) is 5.32 Å². The largest absolute Gasteiger partial charge is 0.462 e. The zero-order valence-corrected chi connectivity index (χ0v) is 10.5. The second-order valence-electron chi connectivity index (χ2n) is 3.46. The van der Waals surface area contributed by atoms with Gasteiger partial charge in [-0.15, -0.1) is 0 Å². The SMILES string of the molecule is CCNC(OC(=O)c1ccccc1)C(=O)OCC. The van der Waals surface area contributed by atoms with Crippen LogP contribution in [0.25, 0.3) is 0 Å². The van der Waals surface area contributed by atoms with Crippen LogP contribution in [0.4, 0.5) is 0 Å². The number of benzene rings is 1. The van der Waals surface area contributed by atoms with E-state index in [0.717, 1.165) is 0 Å². The highest BCUT2D eigenvalue weighted by molar-refractivity contribution is 5.91. The van der Waals surface area contributed by atoms with Crippen LogP contribution in [-0.2, 0) is 14.3 Å². The average Bonchev–Trinajstić information content (AvgIpc) is 2.39. The summed E-state index contributed by atoms with van der Waals surface area (Å²) in [6.07, 6.45) is -1.07. The van der Waals surface area contributed by atoms with Gasteiger partial charge in [-0.05, 0) is 25.6 Å². The van der Waals surface area contributed by atoms with Crippen molar-refractivity contribution in [2.24, 2.45) is 0 Å². The summed E-state index contributed by atoms with van der Waals surface area (Å²) < 4.78 is 9.88. The molecule has 0 aliphatic rings. The molecule has 1 aromatic carbocycles. The first kappa shape index (κ1) is 14.2. The molecule has 0 aromatic heterocycles. The first-order chi connectivity index (χ1) is 8.69. The molecule has 1 N–H and O–H groups in total. The zero-order valence-electron chi connectivity index (χ0n) is 10.5. The van der Waals surface area contributed by atoms with Crippen LogP contribution in [0.3, 0.4) is 0 Å².